The van der Waals surface area contributed by atoms with Crippen molar-refractivity contribution < 1.29 is 4.79 Å². The topological polar surface area (TPSA) is 43.1 Å². The molecule has 0 heterocycles. The number of hydrogen-bond donors (Lipinski definition) is 1. The molecule has 0 aliphatic heterocycles. The van der Waals surface area contributed by atoms with Crippen LogP contribution in [0.5, 0.6) is 0 Å². The van der Waals surface area contributed by atoms with E-state index in [-0.39, 0.29) is 0 Å². The average Bonchev–Trinajstić information content (AvgIpc) is 2.08. The number of thioether (sulfide) groups is 1. The van der Waals surface area contributed by atoms with Gasteiger partial charge in [-0.15, -0.1) is 0 Å². The van der Waals surface area contributed by atoms with Gasteiger partial charge in [-0.05, 0) is 19.1 Å². The van der Waals surface area contributed by atoms with Gasteiger partial charge in [0.2, 0.25) is 0 Å². The smallest absolute Gasteiger partial charge is 0.254 e. The van der Waals surface area contributed by atoms with E-state index in [1.165, 1.54) is 17.3 Å². The van der Waals surface area contributed by atoms with Crippen molar-refractivity contribution in [1.29, 1.82) is 0 Å². The van der Waals surface area contributed by atoms with Crippen molar-refractivity contribution in [3.8, 4) is 0 Å². The highest BCUT2D eigenvalue weighted by atomic mass is 32.2. The van der Waals surface area contributed by atoms with Crippen molar-refractivity contribution in [2.45, 2.75) is 11.8 Å². The molecular formula is C10H11NOS. The van der Waals surface area contributed by atoms with Gasteiger partial charge in [0.05, 0.1) is 4.91 Å². The molecule has 0 saturated heterocycles. The molecule has 0 unspecified atom stereocenters. The summed E-state index contributed by atoms with van der Waals surface area (Å²) in [5.74, 6) is -0.467. The minimum Gasteiger partial charge on any atom is -0.365 e. The van der Waals surface area contributed by atoms with E-state index in [2.05, 4.69) is 6.58 Å². The third-order valence-corrected chi connectivity index (χ3v) is 2.49. The number of hydrogen-bond acceptors (Lipinski definition) is 2. The number of nitrogens with two attached hydrogens (primary N) is 1. The lowest BCUT2D eigenvalue weighted by atomic mass is 10.2. The van der Waals surface area contributed by atoms with Gasteiger partial charge in [0.25, 0.3) is 5.91 Å². The Bertz CT molecular complexity index is 329. The molecule has 0 radical (unpaired) electrons. The number of primary amides is 1. The summed E-state index contributed by atoms with van der Waals surface area (Å²) in [6, 6.07) is 7.84. The molecule has 2 N–H and O–H groups in total. The maximum Gasteiger partial charge on any atom is 0.254 e. The first-order valence-corrected chi connectivity index (χ1v) is 4.64. The highest BCUT2D eigenvalue weighted by molar-refractivity contribution is 8.04. The molecule has 1 aromatic carbocycles. The van der Waals surface area contributed by atoms with E-state index < -0.39 is 5.91 Å². The molecule has 0 aromatic heterocycles. The Morgan fingerprint density at radius 1 is 1.38 bits per heavy atom. The van der Waals surface area contributed by atoms with Crippen LogP contribution < -0.4 is 5.73 Å². The monoisotopic (exact) mass is 193 g/mol. The van der Waals surface area contributed by atoms with Gasteiger partial charge in [0.15, 0.2) is 0 Å². The number of rotatable bonds is 3. The number of amides is 1. The van der Waals surface area contributed by atoms with Crippen LogP contribution in [0, 0.1) is 6.92 Å². The van der Waals surface area contributed by atoms with Gasteiger partial charge >= 0.3 is 0 Å². The molecule has 0 aliphatic rings. The lowest BCUT2D eigenvalue weighted by Gasteiger charge is -2.01. The quantitative estimate of drug-likeness (QED) is 0.590. The molecule has 0 aliphatic carbocycles. The van der Waals surface area contributed by atoms with Crippen molar-refractivity contribution in [2.75, 3.05) is 0 Å². The molecule has 0 saturated carbocycles. The van der Waals surface area contributed by atoms with Crippen LogP contribution >= 0.6 is 11.8 Å². The molecule has 0 spiro atoms. The number of carbonyl (C=O) groups is 1. The summed E-state index contributed by atoms with van der Waals surface area (Å²) in [7, 11) is 0. The van der Waals surface area contributed by atoms with E-state index in [0.717, 1.165) is 4.90 Å². The minimum absolute atomic E-state index is 0.365. The average molecular weight is 193 g/mol. The molecule has 2 nitrogen and oxygen atoms in total. The van der Waals surface area contributed by atoms with Gasteiger partial charge in [-0.1, -0.05) is 36.0 Å². The summed E-state index contributed by atoms with van der Waals surface area (Å²) in [5, 5.41) is 0. The Morgan fingerprint density at radius 3 is 2.38 bits per heavy atom. The lowest BCUT2D eigenvalue weighted by Crippen LogP contribution is -2.10. The second-order valence-electron chi connectivity index (χ2n) is 2.70. The van der Waals surface area contributed by atoms with E-state index in [0.29, 0.717) is 4.91 Å². The van der Waals surface area contributed by atoms with Crippen LogP contribution in [0.15, 0.2) is 40.6 Å². The Labute approximate surface area is 81.8 Å². The third kappa shape index (κ3) is 2.95. The van der Waals surface area contributed by atoms with Crippen molar-refractivity contribution >= 4 is 17.7 Å². The molecule has 1 amide bonds. The minimum atomic E-state index is -0.467. The number of carbonyl (C=O) groups excluding carboxylic acids is 1. The maximum absolute atomic E-state index is 10.7. The van der Waals surface area contributed by atoms with E-state index in [4.69, 9.17) is 5.73 Å². The molecule has 0 bridgehead atoms. The second-order valence-corrected chi connectivity index (χ2v) is 3.87. The summed E-state index contributed by atoms with van der Waals surface area (Å²) in [6.07, 6.45) is 0. The van der Waals surface area contributed by atoms with Crippen molar-refractivity contribution in [3.05, 3.63) is 41.3 Å². The zero-order valence-electron chi connectivity index (χ0n) is 7.41. The summed E-state index contributed by atoms with van der Waals surface area (Å²) >= 11 is 1.29. The predicted molar refractivity (Wildman–Crippen MR) is 55.4 cm³/mol. The first-order valence-electron chi connectivity index (χ1n) is 3.83. The van der Waals surface area contributed by atoms with Crippen LogP contribution in [-0.4, -0.2) is 5.91 Å². The van der Waals surface area contributed by atoms with Gasteiger partial charge in [0, 0.05) is 4.90 Å². The van der Waals surface area contributed by atoms with Crippen LogP contribution in [0.3, 0.4) is 0 Å². The Morgan fingerprint density at radius 2 is 1.92 bits per heavy atom. The Kier molecular flexibility index (Phi) is 3.14. The fourth-order valence-corrected chi connectivity index (χ4v) is 1.46. The maximum atomic E-state index is 10.7. The zero-order chi connectivity index (χ0) is 9.84. The van der Waals surface area contributed by atoms with Crippen LogP contribution in [0.1, 0.15) is 5.56 Å². The van der Waals surface area contributed by atoms with Crippen LogP contribution in [0.4, 0.5) is 0 Å². The highest BCUT2D eigenvalue weighted by Gasteiger charge is 2.02. The van der Waals surface area contributed by atoms with E-state index in [1.807, 2.05) is 31.2 Å². The van der Waals surface area contributed by atoms with Crippen LogP contribution in [0.2, 0.25) is 0 Å². The predicted octanol–water partition coefficient (Wildman–Crippen LogP) is 2.09. The molecular weight excluding hydrogens is 182 g/mol. The largest absolute Gasteiger partial charge is 0.365 e. The van der Waals surface area contributed by atoms with Gasteiger partial charge < -0.3 is 5.73 Å². The molecule has 0 fully saturated rings. The highest BCUT2D eigenvalue weighted by Crippen LogP contribution is 2.24. The molecule has 0 atom stereocenters. The van der Waals surface area contributed by atoms with Gasteiger partial charge in [-0.3, -0.25) is 4.79 Å². The second kappa shape index (κ2) is 4.14. The standard InChI is InChI=1S/C10H11NOS/c1-7-3-5-9(6-4-7)13-8(2)10(11)12/h3-6H,2H2,1H3,(H2,11,12). The van der Waals surface area contributed by atoms with Crippen molar-refractivity contribution in [1.82, 2.24) is 0 Å². The zero-order valence-corrected chi connectivity index (χ0v) is 8.23. The summed E-state index contributed by atoms with van der Waals surface area (Å²) in [6.45, 7) is 5.57. The Hall–Kier alpha value is -1.22. The molecule has 1 rings (SSSR count). The van der Waals surface area contributed by atoms with Crippen LogP contribution in [-0.2, 0) is 4.79 Å². The van der Waals surface area contributed by atoms with E-state index in [1.54, 1.807) is 0 Å². The van der Waals surface area contributed by atoms with Crippen molar-refractivity contribution in [2.24, 2.45) is 5.73 Å². The normalized spacial score (nSPS) is 9.62. The van der Waals surface area contributed by atoms with Gasteiger partial charge in [-0.2, -0.15) is 0 Å². The first kappa shape index (κ1) is 9.86. The molecule has 13 heavy (non-hydrogen) atoms. The fourth-order valence-electron chi connectivity index (χ4n) is 0.799. The van der Waals surface area contributed by atoms with E-state index >= 15 is 0 Å². The van der Waals surface area contributed by atoms with Crippen molar-refractivity contribution in [3.63, 3.8) is 0 Å². The molecule has 68 valence electrons. The summed E-state index contributed by atoms with van der Waals surface area (Å²) in [5.41, 5.74) is 6.24. The fraction of sp³-hybridized carbons (Fsp3) is 0.100. The van der Waals surface area contributed by atoms with Crippen LogP contribution in [0.25, 0.3) is 0 Å². The Balaban J connectivity index is 2.70. The summed E-state index contributed by atoms with van der Waals surface area (Å²) < 4.78 is 0. The third-order valence-electron chi connectivity index (χ3n) is 1.54. The number of benzene rings is 1. The molecule has 1 aromatic rings. The summed E-state index contributed by atoms with van der Waals surface area (Å²) in [4.78, 5) is 12.0. The lowest BCUT2D eigenvalue weighted by molar-refractivity contribution is -0.113. The van der Waals surface area contributed by atoms with Gasteiger partial charge in [0.1, 0.15) is 0 Å². The number of aryl methyl sites for hydroxylation is 1. The van der Waals surface area contributed by atoms with Gasteiger partial charge in [-0.25, -0.2) is 0 Å². The first-order chi connectivity index (χ1) is 6.09. The molecule has 3 heteroatoms. The SMILES string of the molecule is C=C(Sc1ccc(C)cc1)C(N)=O. The van der Waals surface area contributed by atoms with E-state index in [9.17, 15) is 4.79 Å².